The molecular weight excluding hydrogens is 311 g/mol. The SMILES string of the molecule is Cc1nc2c(Sc3ccc(C(F)(F)F)cc3)ccc(C)c2o1. The van der Waals surface area contributed by atoms with Crippen LogP contribution in [0.25, 0.3) is 11.1 Å². The normalized spacial score (nSPS) is 12.0. The molecule has 0 radical (unpaired) electrons. The molecule has 22 heavy (non-hydrogen) atoms. The molecule has 0 aliphatic heterocycles. The number of fused-ring (bicyclic) bond motifs is 1. The van der Waals surface area contributed by atoms with Gasteiger partial charge < -0.3 is 4.42 Å². The summed E-state index contributed by atoms with van der Waals surface area (Å²) in [6.07, 6.45) is -4.32. The second-order valence-corrected chi connectivity index (χ2v) is 6.03. The van der Waals surface area contributed by atoms with Crippen molar-refractivity contribution < 1.29 is 17.6 Å². The fraction of sp³-hybridized carbons (Fsp3) is 0.188. The van der Waals surface area contributed by atoms with E-state index in [1.165, 1.54) is 23.9 Å². The first-order valence-electron chi connectivity index (χ1n) is 6.56. The van der Waals surface area contributed by atoms with Crippen LogP contribution in [0.2, 0.25) is 0 Å². The molecule has 3 rings (SSSR count). The number of rotatable bonds is 2. The van der Waals surface area contributed by atoms with Crippen LogP contribution in [0.4, 0.5) is 13.2 Å². The highest BCUT2D eigenvalue weighted by molar-refractivity contribution is 7.99. The maximum Gasteiger partial charge on any atom is 0.416 e. The molecule has 0 aliphatic carbocycles. The van der Waals surface area contributed by atoms with E-state index in [4.69, 9.17) is 4.42 Å². The maximum absolute atomic E-state index is 12.6. The fourth-order valence-corrected chi connectivity index (χ4v) is 3.04. The number of alkyl halides is 3. The summed E-state index contributed by atoms with van der Waals surface area (Å²) < 4.78 is 43.3. The van der Waals surface area contributed by atoms with Crippen molar-refractivity contribution in [2.45, 2.75) is 29.8 Å². The highest BCUT2D eigenvalue weighted by atomic mass is 32.2. The second kappa shape index (κ2) is 5.35. The zero-order chi connectivity index (χ0) is 15.9. The van der Waals surface area contributed by atoms with Crippen LogP contribution in [0, 0.1) is 13.8 Å². The van der Waals surface area contributed by atoms with Gasteiger partial charge in [0.25, 0.3) is 0 Å². The highest BCUT2D eigenvalue weighted by Crippen LogP contribution is 2.36. The van der Waals surface area contributed by atoms with Gasteiger partial charge in [0.05, 0.1) is 5.56 Å². The van der Waals surface area contributed by atoms with Crippen LogP contribution in [0.3, 0.4) is 0 Å². The van der Waals surface area contributed by atoms with Crippen molar-refractivity contribution in [2.24, 2.45) is 0 Å². The molecule has 0 saturated heterocycles. The Morgan fingerprint density at radius 1 is 1.00 bits per heavy atom. The Bertz CT molecular complexity index is 822. The van der Waals surface area contributed by atoms with Crippen LogP contribution < -0.4 is 0 Å². The molecule has 1 heterocycles. The number of aryl methyl sites for hydroxylation is 2. The molecule has 0 atom stereocenters. The lowest BCUT2D eigenvalue weighted by Crippen LogP contribution is -2.03. The van der Waals surface area contributed by atoms with Gasteiger partial charge in [0.1, 0.15) is 5.52 Å². The first kappa shape index (κ1) is 15.0. The molecule has 3 aromatic rings. The van der Waals surface area contributed by atoms with Crippen LogP contribution in [0.1, 0.15) is 17.0 Å². The Kier molecular flexibility index (Phi) is 3.64. The molecular formula is C16H12F3NOS. The standard InChI is InChI=1S/C16H12F3NOS/c1-9-3-8-13(14-15(9)21-10(2)20-14)22-12-6-4-11(5-7-12)16(17,18)19/h3-8H,1-2H3. The lowest BCUT2D eigenvalue weighted by Gasteiger charge is -2.08. The van der Waals surface area contributed by atoms with Crippen molar-refractivity contribution in [1.82, 2.24) is 4.98 Å². The number of hydrogen-bond donors (Lipinski definition) is 0. The first-order chi connectivity index (χ1) is 10.3. The van der Waals surface area contributed by atoms with Gasteiger partial charge >= 0.3 is 6.18 Å². The molecule has 0 saturated carbocycles. The predicted molar refractivity (Wildman–Crippen MR) is 79.1 cm³/mol. The summed E-state index contributed by atoms with van der Waals surface area (Å²) >= 11 is 1.37. The van der Waals surface area contributed by atoms with E-state index in [0.29, 0.717) is 5.89 Å². The topological polar surface area (TPSA) is 26.0 Å². The van der Waals surface area contributed by atoms with Crippen LogP contribution in [-0.4, -0.2) is 4.98 Å². The first-order valence-corrected chi connectivity index (χ1v) is 7.38. The van der Waals surface area contributed by atoms with E-state index in [1.54, 1.807) is 6.92 Å². The van der Waals surface area contributed by atoms with E-state index in [-0.39, 0.29) is 0 Å². The molecule has 0 fully saturated rings. The van der Waals surface area contributed by atoms with Crippen molar-refractivity contribution in [1.29, 1.82) is 0 Å². The molecule has 0 spiro atoms. The minimum Gasteiger partial charge on any atom is -0.441 e. The minimum absolute atomic E-state index is 0.568. The monoisotopic (exact) mass is 323 g/mol. The van der Waals surface area contributed by atoms with Gasteiger partial charge in [-0.3, -0.25) is 0 Å². The van der Waals surface area contributed by atoms with Crippen molar-refractivity contribution in [3.8, 4) is 0 Å². The number of hydrogen-bond acceptors (Lipinski definition) is 3. The van der Waals surface area contributed by atoms with Gasteiger partial charge in [0, 0.05) is 16.7 Å². The van der Waals surface area contributed by atoms with Crippen molar-refractivity contribution in [3.05, 3.63) is 53.4 Å². The molecule has 0 bridgehead atoms. The Morgan fingerprint density at radius 3 is 2.32 bits per heavy atom. The number of benzene rings is 2. The number of oxazole rings is 1. The number of nitrogens with zero attached hydrogens (tertiary/aromatic N) is 1. The lowest BCUT2D eigenvalue weighted by atomic mass is 10.2. The molecule has 0 N–H and O–H groups in total. The van der Waals surface area contributed by atoms with Gasteiger partial charge in [-0.15, -0.1) is 0 Å². The van der Waals surface area contributed by atoms with Gasteiger partial charge in [0.2, 0.25) is 0 Å². The quantitative estimate of drug-likeness (QED) is 0.612. The smallest absolute Gasteiger partial charge is 0.416 e. The summed E-state index contributed by atoms with van der Waals surface area (Å²) in [6, 6.07) is 8.92. The molecule has 0 aliphatic rings. The highest BCUT2D eigenvalue weighted by Gasteiger charge is 2.30. The van der Waals surface area contributed by atoms with E-state index < -0.39 is 11.7 Å². The van der Waals surface area contributed by atoms with Crippen molar-refractivity contribution in [3.63, 3.8) is 0 Å². The average molecular weight is 323 g/mol. The van der Waals surface area contributed by atoms with Crippen LogP contribution in [0.15, 0.2) is 50.6 Å². The van der Waals surface area contributed by atoms with E-state index >= 15 is 0 Å². The third-order valence-electron chi connectivity index (χ3n) is 3.22. The Balaban J connectivity index is 1.95. The second-order valence-electron chi connectivity index (χ2n) is 4.92. The Morgan fingerprint density at radius 2 is 1.68 bits per heavy atom. The molecule has 0 unspecified atom stereocenters. The molecule has 0 amide bonds. The van der Waals surface area contributed by atoms with Gasteiger partial charge in [-0.25, -0.2) is 4.98 Å². The zero-order valence-corrected chi connectivity index (χ0v) is 12.7. The molecule has 114 valence electrons. The van der Waals surface area contributed by atoms with E-state index in [9.17, 15) is 13.2 Å². The van der Waals surface area contributed by atoms with Crippen LogP contribution in [-0.2, 0) is 6.18 Å². The molecule has 1 aromatic heterocycles. The van der Waals surface area contributed by atoms with Gasteiger partial charge in [-0.05, 0) is 42.8 Å². The molecule has 2 nitrogen and oxygen atoms in total. The molecule has 2 aromatic carbocycles. The third kappa shape index (κ3) is 2.83. The number of halogens is 3. The zero-order valence-electron chi connectivity index (χ0n) is 11.9. The third-order valence-corrected chi connectivity index (χ3v) is 4.28. The van der Waals surface area contributed by atoms with E-state index in [0.717, 1.165) is 38.6 Å². The minimum atomic E-state index is -4.32. The van der Waals surface area contributed by atoms with Gasteiger partial charge in [0.15, 0.2) is 11.5 Å². The fourth-order valence-electron chi connectivity index (χ4n) is 2.14. The van der Waals surface area contributed by atoms with Crippen molar-refractivity contribution >= 4 is 22.9 Å². The summed E-state index contributed by atoms with van der Waals surface area (Å²) in [5, 5.41) is 0. The largest absolute Gasteiger partial charge is 0.441 e. The van der Waals surface area contributed by atoms with Gasteiger partial charge in [-0.1, -0.05) is 17.8 Å². The molecule has 6 heteroatoms. The van der Waals surface area contributed by atoms with Gasteiger partial charge in [-0.2, -0.15) is 13.2 Å². The van der Waals surface area contributed by atoms with Crippen molar-refractivity contribution in [2.75, 3.05) is 0 Å². The van der Waals surface area contributed by atoms with E-state index in [1.807, 2.05) is 19.1 Å². The predicted octanol–water partition coefficient (Wildman–Crippen LogP) is 5.61. The number of aromatic nitrogens is 1. The maximum atomic E-state index is 12.6. The summed E-state index contributed by atoms with van der Waals surface area (Å²) in [5.74, 6) is 0.568. The summed E-state index contributed by atoms with van der Waals surface area (Å²) in [5.41, 5.74) is 1.78. The Hall–Kier alpha value is -1.95. The Labute approximate surface area is 129 Å². The van der Waals surface area contributed by atoms with E-state index in [2.05, 4.69) is 4.98 Å². The summed E-state index contributed by atoms with van der Waals surface area (Å²) in [6.45, 7) is 3.70. The van der Waals surface area contributed by atoms with Crippen LogP contribution in [0.5, 0.6) is 0 Å². The lowest BCUT2D eigenvalue weighted by molar-refractivity contribution is -0.137. The summed E-state index contributed by atoms with van der Waals surface area (Å²) in [7, 11) is 0. The summed E-state index contributed by atoms with van der Waals surface area (Å²) in [4.78, 5) is 5.94. The van der Waals surface area contributed by atoms with Crippen LogP contribution >= 0.6 is 11.8 Å². The average Bonchev–Trinajstić information content (AvgIpc) is 2.84.